The molecule has 126 valence electrons. The molecule has 7 heteroatoms. The largest absolute Gasteiger partial charge is 0.273 e. The molecule has 25 heavy (non-hydrogen) atoms. The number of benzene rings is 2. The first-order chi connectivity index (χ1) is 12.1. The zero-order valence-corrected chi connectivity index (χ0v) is 15.8. The van der Waals surface area contributed by atoms with Gasteiger partial charge < -0.3 is 0 Å². The SMILES string of the molecule is Cc1c(Cl)cccc1N(C(=O)CSCC#N)c1nc2ccccc2s1. The average Bonchev–Trinajstić information content (AvgIpc) is 3.02. The van der Waals surface area contributed by atoms with Crippen LogP contribution in [0.4, 0.5) is 10.8 Å². The summed E-state index contributed by atoms with van der Waals surface area (Å²) in [5, 5.41) is 9.91. The van der Waals surface area contributed by atoms with Gasteiger partial charge in [0.2, 0.25) is 5.91 Å². The van der Waals surface area contributed by atoms with Crippen LogP contribution in [0, 0.1) is 18.3 Å². The van der Waals surface area contributed by atoms with E-state index in [9.17, 15) is 4.79 Å². The van der Waals surface area contributed by atoms with E-state index in [1.54, 1.807) is 11.0 Å². The number of rotatable bonds is 5. The molecule has 0 aliphatic carbocycles. The minimum Gasteiger partial charge on any atom is -0.273 e. The molecular formula is C18H14ClN3OS2. The highest BCUT2D eigenvalue weighted by Gasteiger charge is 2.23. The number of carbonyl (C=O) groups excluding carboxylic acids is 1. The quantitative estimate of drug-likeness (QED) is 0.566. The van der Waals surface area contributed by atoms with Crippen molar-refractivity contribution in [3.05, 3.63) is 53.1 Å². The van der Waals surface area contributed by atoms with Gasteiger partial charge in [0, 0.05) is 5.02 Å². The third-order valence-corrected chi connectivity index (χ3v) is 5.81. The molecule has 1 aromatic heterocycles. The van der Waals surface area contributed by atoms with Gasteiger partial charge in [-0.25, -0.2) is 4.98 Å². The van der Waals surface area contributed by atoms with Gasteiger partial charge in [-0.2, -0.15) is 5.26 Å². The van der Waals surface area contributed by atoms with Crippen molar-refractivity contribution in [2.24, 2.45) is 0 Å². The molecular weight excluding hydrogens is 374 g/mol. The number of carbonyl (C=O) groups is 1. The fourth-order valence-corrected chi connectivity index (χ4v) is 4.05. The smallest absolute Gasteiger partial charge is 0.243 e. The number of halogens is 1. The van der Waals surface area contributed by atoms with Gasteiger partial charge in [0.05, 0.1) is 33.5 Å². The summed E-state index contributed by atoms with van der Waals surface area (Å²) in [6.45, 7) is 1.88. The first-order valence-corrected chi connectivity index (χ1v) is 9.85. The number of nitriles is 1. The van der Waals surface area contributed by atoms with E-state index in [1.165, 1.54) is 23.1 Å². The van der Waals surface area contributed by atoms with Crippen molar-refractivity contribution in [2.45, 2.75) is 6.92 Å². The lowest BCUT2D eigenvalue weighted by molar-refractivity contribution is -0.115. The zero-order chi connectivity index (χ0) is 17.8. The van der Waals surface area contributed by atoms with E-state index in [4.69, 9.17) is 16.9 Å². The van der Waals surface area contributed by atoms with E-state index >= 15 is 0 Å². The van der Waals surface area contributed by atoms with Gasteiger partial charge in [0.1, 0.15) is 0 Å². The Morgan fingerprint density at radius 1 is 1.32 bits per heavy atom. The normalized spacial score (nSPS) is 10.6. The van der Waals surface area contributed by atoms with Gasteiger partial charge in [-0.05, 0) is 36.8 Å². The molecule has 0 spiro atoms. The summed E-state index contributed by atoms with van der Waals surface area (Å²) in [6, 6.07) is 15.3. The predicted octanol–water partition coefficient (Wildman–Crippen LogP) is 5.18. The van der Waals surface area contributed by atoms with Crippen LogP contribution in [0.15, 0.2) is 42.5 Å². The monoisotopic (exact) mass is 387 g/mol. The predicted molar refractivity (Wildman–Crippen MR) is 106 cm³/mol. The van der Waals surface area contributed by atoms with Gasteiger partial charge in [0.25, 0.3) is 0 Å². The molecule has 4 nitrogen and oxygen atoms in total. The Labute approximate surface area is 159 Å². The molecule has 0 fully saturated rings. The van der Waals surface area contributed by atoms with Gasteiger partial charge in [0.15, 0.2) is 5.13 Å². The number of nitrogens with zero attached hydrogens (tertiary/aromatic N) is 3. The number of hydrogen-bond acceptors (Lipinski definition) is 5. The van der Waals surface area contributed by atoms with Crippen LogP contribution in [-0.4, -0.2) is 22.4 Å². The molecule has 0 bridgehead atoms. The van der Waals surface area contributed by atoms with Crippen molar-refractivity contribution in [1.82, 2.24) is 4.98 Å². The molecule has 0 saturated heterocycles. The Morgan fingerprint density at radius 2 is 2.12 bits per heavy atom. The fraction of sp³-hybridized carbons (Fsp3) is 0.167. The van der Waals surface area contributed by atoms with Gasteiger partial charge in [-0.3, -0.25) is 9.69 Å². The molecule has 1 heterocycles. The van der Waals surface area contributed by atoms with Crippen LogP contribution in [0.3, 0.4) is 0 Å². The van der Waals surface area contributed by atoms with Crippen molar-refractivity contribution in [1.29, 1.82) is 5.26 Å². The first-order valence-electron chi connectivity index (χ1n) is 7.50. The van der Waals surface area contributed by atoms with E-state index in [2.05, 4.69) is 4.98 Å². The van der Waals surface area contributed by atoms with Crippen LogP contribution in [0.1, 0.15) is 5.56 Å². The highest BCUT2D eigenvalue weighted by Crippen LogP contribution is 2.37. The summed E-state index contributed by atoms with van der Waals surface area (Å²) in [5.41, 5.74) is 2.39. The average molecular weight is 388 g/mol. The van der Waals surface area contributed by atoms with Crippen molar-refractivity contribution >= 4 is 61.6 Å². The maximum Gasteiger partial charge on any atom is 0.243 e. The van der Waals surface area contributed by atoms with Crippen molar-refractivity contribution in [3.8, 4) is 6.07 Å². The maximum atomic E-state index is 12.9. The van der Waals surface area contributed by atoms with E-state index in [0.29, 0.717) is 15.8 Å². The number of fused-ring (bicyclic) bond motifs is 1. The summed E-state index contributed by atoms with van der Waals surface area (Å²) in [6.07, 6.45) is 0. The fourth-order valence-electron chi connectivity index (χ4n) is 2.39. The maximum absolute atomic E-state index is 12.9. The van der Waals surface area contributed by atoms with Crippen LogP contribution in [-0.2, 0) is 4.79 Å². The molecule has 0 radical (unpaired) electrons. The topological polar surface area (TPSA) is 57.0 Å². The summed E-state index contributed by atoms with van der Waals surface area (Å²) < 4.78 is 1.01. The lowest BCUT2D eigenvalue weighted by Gasteiger charge is -2.22. The van der Waals surface area contributed by atoms with Gasteiger partial charge >= 0.3 is 0 Å². The van der Waals surface area contributed by atoms with Crippen molar-refractivity contribution < 1.29 is 4.79 Å². The van der Waals surface area contributed by atoms with Crippen LogP contribution >= 0.6 is 34.7 Å². The molecule has 1 amide bonds. The number of amides is 1. The molecule has 3 aromatic rings. The molecule has 0 atom stereocenters. The second-order valence-corrected chi connectivity index (χ2v) is 7.63. The first kappa shape index (κ1) is 17.7. The molecule has 0 saturated carbocycles. The van der Waals surface area contributed by atoms with Crippen LogP contribution < -0.4 is 4.90 Å². The third-order valence-electron chi connectivity index (χ3n) is 3.60. The highest BCUT2D eigenvalue weighted by molar-refractivity contribution is 8.00. The molecule has 0 N–H and O–H groups in total. The molecule has 2 aromatic carbocycles. The molecule has 3 rings (SSSR count). The summed E-state index contributed by atoms with van der Waals surface area (Å²) in [4.78, 5) is 19.1. The Balaban J connectivity index is 2.06. The zero-order valence-electron chi connectivity index (χ0n) is 13.4. The number of thioether (sulfide) groups is 1. The second kappa shape index (κ2) is 7.87. The lowest BCUT2D eigenvalue weighted by atomic mass is 10.2. The van der Waals surface area contributed by atoms with Crippen LogP contribution in [0.5, 0.6) is 0 Å². The van der Waals surface area contributed by atoms with E-state index < -0.39 is 0 Å². The molecule has 0 aliphatic heterocycles. The minimum atomic E-state index is -0.121. The van der Waals surface area contributed by atoms with Crippen molar-refractivity contribution in [2.75, 3.05) is 16.4 Å². The third kappa shape index (κ3) is 3.79. The van der Waals surface area contributed by atoms with Crippen LogP contribution in [0.2, 0.25) is 5.02 Å². The van der Waals surface area contributed by atoms with Crippen molar-refractivity contribution in [3.63, 3.8) is 0 Å². The van der Waals surface area contributed by atoms with E-state index in [0.717, 1.165) is 15.8 Å². The Hall–Kier alpha value is -2.07. The summed E-state index contributed by atoms with van der Waals surface area (Å²) >= 11 is 9.00. The Kier molecular flexibility index (Phi) is 5.59. The highest BCUT2D eigenvalue weighted by atomic mass is 35.5. The summed E-state index contributed by atoms with van der Waals surface area (Å²) in [7, 11) is 0. The number of para-hydroxylation sites is 1. The number of thiazole rings is 1. The number of anilines is 2. The lowest BCUT2D eigenvalue weighted by Crippen LogP contribution is -2.28. The van der Waals surface area contributed by atoms with Crippen LogP contribution in [0.25, 0.3) is 10.2 Å². The Morgan fingerprint density at radius 3 is 2.88 bits per heavy atom. The molecule has 0 aliphatic rings. The minimum absolute atomic E-state index is 0.121. The standard InChI is InChI=1S/C18H14ClN3OS2/c1-12-13(19)5-4-7-15(12)22(17(23)11-24-10-9-20)18-21-14-6-2-3-8-16(14)25-18/h2-8H,10-11H2,1H3. The number of hydrogen-bond donors (Lipinski definition) is 0. The van der Waals surface area contributed by atoms with Gasteiger partial charge in [-0.1, -0.05) is 41.1 Å². The second-order valence-electron chi connectivity index (χ2n) is 5.23. The summed E-state index contributed by atoms with van der Waals surface area (Å²) in [5.74, 6) is 0.355. The van der Waals surface area contributed by atoms with Gasteiger partial charge in [-0.15, -0.1) is 11.8 Å². The van der Waals surface area contributed by atoms with E-state index in [1.807, 2.05) is 49.4 Å². The van der Waals surface area contributed by atoms with E-state index in [-0.39, 0.29) is 17.4 Å². The molecule has 0 unspecified atom stereocenters. The number of aromatic nitrogens is 1. The Bertz CT molecular complexity index is 931.